The van der Waals surface area contributed by atoms with E-state index in [0.717, 1.165) is 36.4 Å². The molecule has 0 spiro atoms. The number of anilines is 1. The van der Waals surface area contributed by atoms with Gasteiger partial charge >= 0.3 is 0 Å². The van der Waals surface area contributed by atoms with E-state index in [4.69, 9.17) is 0 Å². The molecule has 2 aliphatic carbocycles. The van der Waals surface area contributed by atoms with Crippen LogP contribution in [0.2, 0.25) is 0 Å². The monoisotopic (exact) mass is 361 g/mol. The van der Waals surface area contributed by atoms with Crippen LogP contribution in [0.4, 0.5) is 5.69 Å². The first kappa shape index (κ1) is 16.1. The molecule has 2 aliphatic rings. The Labute approximate surface area is 158 Å². The lowest BCUT2D eigenvalue weighted by Crippen LogP contribution is -2.27. The van der Waals surface area contributed by atoms with E-state index in [-0.39, 0.29) is 11.3 Å². The molecule has 0 unspecified atom stereocenters. The van der Waals surface area contributed by atoms with Gasteiger partial charge in [0.1, 0.15) is 0 Å². The molecule has 5 rings (SSSR count). The van der Waals surface area contributed by atoms with Crippen LogP contribution in [-0.2, 0) is 16.6 Å². The summed E-state index contributed by atoms with van der Waals surface area (Å²) in [6.45, 7) is 2.16. The van der Waals surface area contributed by atoms with Gasteiger partial charge in [0.2, 0.25) is 5.91 Å². The summed E-state index contributed by atoms with van der Waals surface area (Å²) in [4.78, 5) is 14.5. The number of nitrogens with one attached hydrogen (secondary N) is 1. The molecule has 1 amide bonds. The van der Waals surface area contributed by atoms with E-state index in [2.05, 4.69) is 54.7 Å². The average molecular weight is 362 g/mol. The minimum absolute atomic E-state index is 0.138. The van der Waals surface area contributed by atoms with Crippen molar-refractivity contribution in [3.63, 3.8) is 0 Å². The maximum Gasteiger partial charge on any atom is 0.235 e. The highest BCUT2D eigenvalue weighted by molar-refractivity contribution is 7.19. The van der Waals surface area contributed by atoms with Crippen molar-refractivity contribution < 1.29 is 4.79 Å². The van der Waals surface area contributed by atoms with Crippen molar-refractivity contribution in [2.45, 2.75) is 50.4 Å². The third-order valence-electron chi connectivity index (χ3n) is 5.87. The van der Waals surface area contributed by atoms with Crippen molar-refractivity contribution in [2.75, 3.05) is 5.32 Å². The van der Waals surface area contributed by atoms with E-state index in [1.807, 2.05) is 17.4 Å². The van der Waals surface area contributed by atoms with Crippen molar-refractivity contribution >= 4 is 33.0 Å². The molecule has 26 heavy (non-hydrogen) atoms. The molecule has 1 heterocycles. The fourth-order valence-corrected chi connectivity index (χ4v) is 5.01. The first-order valence-electron chi connectivity index (χ1n) is 9.62. The number of carbonyl (C=O) groups excluding carboxylic acids is 1. The lowest BCUT2D eigenvalue weighted by Gasteiger charge is -2.16. The Hall–Kier alpha value is -2.13. The summed E-state index contributed by atoms with van der Waals surface area (Å²) in [6, 6.07) is 17.2. The van der Waals surface area contributed by atoms with Gasteiger partial charge in [-0.1, -0.05) is 31.2 Å². The molecule has 1 N–H and O–H groups in total. The zero-order chi connectivity index (χ0) is 17.7. The highest BCUT2D eigenvalue weighted by Gasteiger charge is 2.51. The Balaban J connectivity index is 1.38. The Bertz CT molecular complexity index is 977. The molecule has 0 bridgehead atoms. The van der Waals surface area contributed by atoms with E-state index in [0.29, 0.717) is 0 Å². The van der Waals surface area contributed by atoms with Gasteiger partial charge in [0, 0.05) is 15.3 Å². The number of aryl methyl sites for hydroxylation is 1. The van der Waals surface area contributed by atoms with Crippen LogP contribution >= 0.6 is 11.3 Å². The Kier molecular flexibility index (Phi) is 3.68. The van der Waals surface area contributed by atoms with Crippen molar-refractivity contribution in [1.29, 1.82) is 0 Å². The summed E-state index contributed by atoms with van der Waals surface area (Å²) in [5.74, 6) is 0.921. The molecular weight excluding hydrogens is 338 g/mol. The largest absolute Gasteiger partial charge is 0.325 e. The Morgan fingerprint density at radius 3 is 2.54 bits per heavy atom. The highest BCUT2D eigenvalue weighted by atomic mass is 32.1. The van der Waals surface area contributed by atoms with Gasteiger partial charge in [0.15, 0.2) is 0 Å². The molecular formula is C23H23NOS. The van der Waals surface area contributed by atoms with Crippen LogP contribution in [0, 0.1) is 0 Å². The van der Waals surface area contributed by atoms with Gasteiger partial charge in [-0.2, -0.15) is 0 Å². The predicted octanol–water partition coefficient (Wildman–Crippen LogP) is 6.01. The van der Waals surface area contributed by atoms with Crippen LogP contribution in [-0.4, -0.2) is 5.91 Å². The van der Waals surface area contributed by atoms with Crippen LogP contribution in [0.5, 0.6) is 0 Å². The van der Waals surface area contributed by atoms with Gasteiger partial charge in [-0.15, -0.1) is 11.3 Å². The van der Waals surface area contributed by atoms with Crippen LogP contribution in [0.3, 0.4) is 0 Å². The molecule has 2 saturated carbocycles. The van der Waals surface area contributed by atoms with E-state index in [9.17, 15) is 4.79 Å². The zero-order valence-corrected chi connectivity index (χ0v) is 15.9. The maximum absolute atomic E-state index is 13.0. The van der Waals surface area contributed by atoms with E-state index in [1.54, 1.807) is 0 Å². The van der Waals surface area contributed by atoms with Crippen molar-refractivity contribution in [3.8, 4) is 0 Å². The molecule has 1 aromatic heterocycles. The minimum atomic E-state index is -0.324. The zero-order valence-electron chi connectivity index (χ0n) is 15.0. The molecule has 2 fully saturated rings. The number of carbonyl (C=O) groups is 1. The highest BCUT2D eigenvalue weighted by Crippen LogP contribution is 2.49. The second kappa shape index (κ2) is 5.95. The molecule has 0 atom stereocenters. The van der Waals surface area contributed by atoms with Gasteiger partial charge in [-0.05, 0) is 78.8 Å². The Morgan fingerprint density at radius 2 is 1.88 bits per heavy atom. The van der Waals surface area contributed by atoms with E-state index >= 15 is 0 Å². The molecule has 0 radical (unpaired) electrons. The van der Waals surface area contributed by atoms with Crippen LogP contribution in [0.15, 0.2) is 48.5 Å². The molecule has 3 heteroatoms. The number of rotatable bonds is 5. The SMILES string of the molecule is CCc1ccc(C2(C(=O)Nc3ccc4sc(C5CC5)cc4c3)CC2)cc1. The summed E-state index contributed by atoms with van der Waals surface area (Å²) < 4.78 is 1.32. The molecule has 132 valence electrons. The van der Waals surface area contributed by atoms with Gasteiger partial charge in [0.25, 0.3) is 0 Å². The second-order valence-corrected chi connectivity index (χ2v) is 8.88. The van der Waals surface area contributed by atoms with Crippen LogP contribution < -0.4 is 5.32 Å². The summed E-state index contributed by atoms with van der Waals surface area (Å²) in [5, 5.41) is 4.44. The molecule has 0 saturated heterocycles. The summed E-state index contributed by atoms with van der Waals surface area (Å²) in [7, 11) is 0. The van der Waals surface area contributed by atoms with Gasteiger partial charge in [-0.25, -0.2) is 0 Å². The third-order valence-corrected chi connectivity index (χ3v) is 7.15. The van der Waals surface area contributed by atoms with Crippen molar-refractivity contribution in [1.82, 2.24) is 0 Å². The quantitative estimate of drug-likeness (QED) is 0.592. The van der Waals surface area contributed by atoms with E-state index < -0.39 is 0 Å². The number of hydrogen-bond acceptors (Lipinski definition) is 2. The number of amides is 1. The first-order valence-corrected chi connectivity index (χ1v) is 10.4. The minimum Gasteiger partial charge on any atom is -0.325 e. The number of hydrogen-bond donors (Lipinski definition) is 1. The average Bonchev–Trinajstić information content (AvgIpc) is 3.58. The number of benzene rings is 2. The number of thiophene rings is 1. The second-order valence-electron chi connectivity index (χ2n) is 7.76. The number of fused-ring (bicyclic) bond motifs is 1. The predicted molar refractivity (Wildman–Crippen MR) is 109 cm³/mol. The molecule has 2 aromatic carbocycles. The maximum atomic E-state index is 13.0. The Morgan fingerprint density at radius 1 is 1.12 bits per heavy atom. The summed E-state index contributed by atoms with van der Waals surface area (Å²) in [5.41, 5.74) is 3.06. The van der Waals surface area contributed by atoms with Crippen molar-refractivity contribution in [3.05, 3.63) is 64.5 Å². The fraction of sp³-hybridized carbons (Fsp3) is 0.348. The first-order chi connectivity index (χ1) is 12.7. The molecule has 2 nitrogen and oxygen atoms in total. The summed E-state index contributed by atoms with van der Waals surface area (Å²) >= 11 is 1.90. The van der Waals surface area contributed by atoms with Crippen LogP contribution in [0.25, 0.3) is 10.1 Å². The third kappa shape index (κ3) is 2.75. The van der Waals surface area contributed by atoms with Crippen molar-refractivity contribution in [2.24, 2.45) is 0 Å². The van der Waals surface area contributed by atoms with Crippen LogP contribution in [0.1, 0.15) is 54.5 Å². The standard InChI is InChI=1S/C23H23NOS/c1-2-15-3-7-18(8-4-15)23(11-12-23)22(25)24-19-9-10-20-17(13-19)14-21(26-20)16-5-6-16/h3-4,7-10,13-14,16H,2,5-6,11-12H2,1H3,(H,24,25). The normalized spacial score (nSPS) is 18.0. The fourth-order valence-electron chi connectivity index (χ4n) is 3.79. The summed E-state index contributed by atoms with van der Waals surface area (Å²) in [6.07, 6.45) is 5.57. The topological polar surface area (TPSA) is 29.1 Å². The molecule has 0 aliphatic heterocycles. The van der Waals surface area contributed by atoms with Gasteiger partial charge in [0.05, 0.1) is 5.41 Å². The van der Waals surface area contributed by atoms with Gasteiger partial charge < -0.3 is 5.32 Å². The van der Waals surface area contributed by atoms with E-state index in [1.165, 1.54) is 33.4 Å². The smallest absolute Gasteiger partial charge is 0.235 e. The molecule has 3 aromatic rings. The lowest BCUT2D eigenvalue weighted by atomic mass is 9.93. The van der Waals surface area contributed by atoms with Gasteiger partial charge in [-0.3, -0.25) is 4.79 Å². The lowest BCUT2D eigenvalue weighted by molar-refractivity contribution is -0.118.